The van der Waals surface area contributed by atoms with Crippen molar-refractivity contribution >= 4 is 29.1 Å². The fourth-order valence-corrected chi connectivity index (χ4v) is 1.76. The number of rotatable bonds is 3. The number of hydrogen-bond donors (Lipinski definition) is 0. The van der Waals surface area contributed by atoms with Gasteiger partial charge in [0, 0.05) is 11.8 Å². The van der Waals surface area contributed by atoms with E-state index in [1.54, 1.807) is 6.07 Å². The summed E-state index contributed by atoms with van der Waals surface area (Å²) in [7, 11) is 0. The van der Waals surface area contributed by atoms with Crippen molar-refractivity contribution in [3.8, 4) is 5.75 Å². The number of hydrogen-bond acceptors (Lipinski definition) is 3. The van der Waals surface area contributed by atoms with E-state index in [4.69, 9.17) is 4.18 Å². The molecule has 16 heavy (non-hydrogen) atoms. The van der Waals surface area contributed by atoms with Crippen molar-refractivity contribution < 1.29 is 8.98 Å². The number of benzene rings is 2. The Morgan fingerprint density at radius 2 is 1.81 bits per heavy atom. The Bertz CT molecular complexity index is 494. The lowest BCUT2D eigenvalue weighted by Crippen LogP contribution is -1.82. The van der Waals surface area contributed by atoms with Crippen LogP contribution in [0.5, 0.6) is 5.75 Å². The summed E-state index contributed by atoms with van der Waals surface area (Å²) in [4.78, 5) is 10.6. The molecule has 0 heterocycles. The van der Waals surface area contributed by atoms with Crippen LogP contribution in [0.15, 0.2) is 36.4 Å². The second kappa shape index (κ2) is 5.56. The highest BCUT2D eigenvalue weighted by Gasteiger charge is 1.98. The van der Waals surface area contributed by atoms with Gasteiger partial charge in [-0.05, 0) is 29.0 Å². The van der Waals surface area contributed by atoms with Gasteiger partial charge in [0.2, 0.25) is 0 Å². The molecule has 0 unspecified atom stereocenters. The van der Waals surface area contributed by atoms with Gasteiger partial charge in [-0.25, -0.2) is 0 Å². The third-order valence-electron chi connectivity index (χ3n) is 2.15. The van der Waals surface area contributed by atoms with Crippen LogP contribution in [0.1, 0.15) is 17.8 Å². The summed E-state index contributed by atoms with van der Waals surface area (Å²) < 4.78 is 5.32. The molecule has 0 amide bonds. The van der Waals surface area contributed by atoms with Crippen molar-refractivity contribution in [1.29, 1.82) is 0 Å². The minimum atomic E-state index is 0. The van der Waals surface area contributed by atoms with Crippen LogP contribution in [0.25, 0.3) is 10.8 Å². The predicted molar refractivity (Wildman–Crippen MR) is 70.2 cm³/mol. The van der Waals surface area contributed by atoms with Crippen molar-refractivity contribution in [1.82, 2.24) is 0 Å². The van der Waals surface area contributed by atoms with E-state index in [0.29, 0.717) is 5.56 Å². The molecule has 0 aliphatic carbocycles. The maximum atomic E-state index is 10.6. The van der Waals surface area contributed by atoms with E-state index in [9.17, 15) is 4.79 Å². The molecule has 0 radical (unpaired) electrons. The molecule has 0 aliphatic rings. The topological polar surface area (TPSA) is 26.3 Å². The maximum Gasteiger partial charge on any atom is 0.150 e. The molecule has 0 N–H and O–H groups in total. The first-order chi connectivity index (χ1) is 7.33. The van der Waals surface area contributed by atoms with Crippen LogP contribution in [-0.2, 0) is 0 Å². The van der Waals surface area contributed by atoms with Crippen LogP contribution in [-0.4, -0.2) is 12.5 Å². The third-order valence-corrected chi connectivity index (χ3v) is 2.51. The molecule has 0 fully saturated rings. The molecule has 3 heteroatoms. The van der Waals surface area contributed by atoms with Gasteiger partial charge >= 0.3 is 0 Å². The number of aldehydes is 1. The predicted octanol–water partition coefficient (Wildman–Crippen LogP) is 3.95. The zero-order valence-electron chi connectivity index (χ0n) is 8.27. The minimum Gasteiger partial charge on any atom is -0.426 e. The second-order valence-corrected chi connectivity index (χ2v) is 3.64. The first-order valence-electron chi connectivity index (χ1n) is 4.53. The van der Waals surface area contributed by atoms with Crippen molar-refractivity contribution in [2.24, 2.45) is 0 Å². The zero-order chi connectivity index (χ0) is 10.7. The van der Waals surface area contributed by atoms with Gasteiger partial charge in [0.05, 0.1) is 12.0 Å². The van der Waals surface area contributed by atoms with E-state index >= 15 is 0 Å². The zero-order valence-corrected chi connectivity index (χ0v) is 9.08. The lowest BCUT2D eigenvalue weighted by Gasteiger charge is -2.03. The summed E-state index contributed by atoms with van der Waals surface area (Å²) in [5.74, 6) is 0.828. The molecule has 2 aromatic carbocycles. The Morgan fingerprint density at radius 3 is 2.50 bits per heavy atom. The summed E-state index contributed by atoms with van der Waals surface area (Å²) >= 11 is 1.31. The van der Waals surface area contributed by atoms with Gasteiger partial charge in [0.15, 0.2) is 0 Å². The maximum absolute atomic E-state index is 10.6. The minimum absolute atomic E-state index is 0. The Hall–Kier alpha value is -1.48. The van der Waals surface area contributed by atoms with E-state index in [-0.39, 0.29) is 7.43 Å². The van der Waals surface area contributed by atoms with E-state index < -0.39 is 0 Å². The molecular weight excluding hydrogens is 220 g/mol. The Labute approximate surface area is 99.8 Å². The quantitative estimate of drug-likeness (QED) is 0.594. The van der Waals surface area contributed by atoms with Gasteiger partial charge in [-0.15, -0.1) is 0 Å². The van der Waals surface area contributed by atoms with Crippen LogP contribution in [0, 0.1) is 0 Å². The highest BCUT2D eigenvalue weighted by molar-refractivity contribution is 7.94. The molecule has 84 valence electrons. The Balaban J connectivity index is 0.00000128. The molecule has 2 nitrogen and oxygen atoms in total. The van der Waals surface area contributed by atoms with Crippen LogP contribution in [0.4, 0.5) is 0 Å². The molecule has 0 atom stereocenters. The van der Waals surface area contributed by atoms with E-state index in [1.807, 2.05) is 36.6 Å². The fourth-order valence-electron chi connectivity index (χ4n) is 1.46. The van der Waals surface area contributed by atoms with Gasteiger partial charge < -0.3 is 4.18 Å². The van der Waals surface area contributed by atoms with E-state index in [1.165, 1.54) is 12.0 Å². The molecule has 2 aromatic rings. The van der Waals surface area contributed by atoms with Gasteiger partial charge in [0.25, 0.3) is 0 Å². The molecule has 0 saturated heterocycles. The van der Waals surface area contributed by atoms with Gasteiger partial charge in [-0.3, -0.25) is 4.79 Å². The first-order valence-corrected chi connectivity index (χ1v) is 5.68. The summed E-state index contributed by atoms with van der Waals surface area (Å²) in [5, 5.41) is 2.13. The summed E-state index contributed by atoms with van der Waals surface area (Å²) in [6.45, 7) is 0. The highest BCUT2D eigenvalue weighted by atomic mass is 32.2. The standard InChI is InChI=1S/C12H10O2S.CH4/c1-15-14-12-5-4-10-6-9(8-13)2-3-11(10)7-12;/h2-8H,1H3;1H4. The first kappa shape index (κ1) is 12.6. The Morgan fingerprint density at radius 1 is 1.12 bits per heavy atom. The van der Waals surface area contributed by atoms with Crippen molar-refractivity contribution in [2.45, 2.75) is 7.43 Å². The third kappa shape index (κ3) is 2.55. The van der Waals surface area contributed by atoms with E-state index in [2.05, 4.69) is 0 Å². The van der Waals surface area contributed by atoms with Crippen molar-refractivity contribution in [2.75, 3.05) is 6.26 Å². The largest absolute Gasteiger partial charge is 0.426 e. The molecule has 0 aromatic heterocycles. The van der Waals surface area contributed by atoms with Gasteiger partial charge in [-0.1, -0.05) is 25.6 Å². The molecule has 0 aliphatic heterocycles. The molecule has 0 saturated carbocycles. The summed E-state index contributed by atoms with van der Waals surface area (Å²) in [5.41, 5.74) is 0.695. The van der Waals surface area contributed by atoms with Crippen LogP contribution in [0.3, 0.4) is 0 Å². The molecular formula is C13H14O2S. The number of fused-ring (bicyclic) bond motifs is 1. The lowest BCUT2D eigenvalue weighted by atomic mass is 10.1. The smallest absolute Gasteiger partial charge is 0.150 e. The second-order valence-electron chi connectivity index (χ2n) is 3.14. The molecule has 0 bridgehead atoms. The summed E-state index contributed by atoms with van der Waals surface area (Å²) in [6, 6.07) is 11.4. The fraction of sp³-hybridized carbons (Fsp3) is 0.154. The van der Waals surface area contributed by atoms with Gasteiger partial charge in [-0.2, -0.15) is 0 Å². The Kier molecular flexibility index (Phi) is 4.38. The normalized spacial score (nSPS) is 9.56. The average Bonchev–Trinajstić information content (AvgIpc) is 2.29. The van der Waals surface area contributed by atoms with Crippen LogP contribution in [0.2, 0.25) is 0 Å². The van der Waals surface area contributed by atoms with Gasteiger partial charge in [0.1, 0.15) is 12.0 Å². The number of carbonyl (C=O) groups is 1. The van der Waals surface area contributed by atoms with Crippen molar-refractivity contribution in [3.63, 3.8) is 0 Å². The lowest BCUT2D eigenvalue weighted by molar-refractivity contribution is 0.112. The average molecular weight is 234 g/mol. The van der Waals surface area contributed by atoms with Crippen LogP contribution >= 0.6 is 12.0 Å². The van der Waals surface area contributed by atoms with Crippen molar-refractivity contribution in [3.05, 3.63) is 42.0 Å². The number of carbonyl (C=O) groups excluding carboxylic acids is 1. The molecule has 2 rings (SSSR count). The van der Waals surface area contributed by atoms with Crippen LogP contribution < -0.4 is 4.18 Å². The molecule has 0 spiro atoms. The highest BCUT2D eigenvalue weighted by Crippen LogP contribution is 2.23. The summed E-state index contributed by atoms with van der Waals surface area (Å²) in [6.07, 6.45) is 2.73. The monoisotopic (exact) mass is 234 g/mol. The SMILES string of the molecule is C.CSOc1ccc2cc(C=O)ccc2c1. The van der Waals surface area contributed by atoms with E-state index in [0.717, 1.165) is 22.8 Å².